The van der Waals surface area contributed by atoms with Crippen LogP contribution in [0.4, 0.5) is 5.69 Å². The van der Waals surface area contributed by atoms with Gasteiger partial charge in [0, 0.05) is 17.7 Å². The summed E-state index contributed by atoms with van der Waals surface area (Å²) in [5.74, 6) is -0.610. The molecule has 0 fully saturated rings. The highest BCUT2D eigenvalue weighted by Gasteiger charge is 2.30. The molecule has 0 bridgehead atoms. The Hall–Kier alpha value is -4.78. The molecule has 0 atom stereocenters. The number of benzene rings is 2. The molecule has 2 heterocycles. The third-order valence-electron chi connectivity index (χ3n) is 6.24. The smallest absolute Gasteiger partial charge is 0.358 e. The number of rotatable bonds is 10. The van der Waals surface area contributed by atoms with E-state index < -0.39 is 38.6 Å². The van der Waals surface area contributed by atoms with Gasteiger partial charge in [-0.2, -0.15) is 5.10 Å². The van der Waals surface area contributed by atoms with Gasteiger partial charge in [-0.05, 0) is 58.0 Å². The summed E-state index contributed by atoms with van der Waals surface area (Å²) in [6.45, 7) is 6.12. The molecule has 1 N–H and O–H groups in total. The first-order chi connectivity index (χ1) is 19.8. The molecular formula is C29H31N5O7S. The lowest BCUT2D eigenvalue weighted by Gasteiger charge is -2.21. The minimum absolute atomic E-state index is 0.0566. The van der Waals surface area contributed by atoms with Crippen LogP contribution in [-0.2, 0) is 21.3 Å². The quantitative estimate of drug-likeness (QED) is 0.214. The van der Waals surface area contributed by atoms with Crippen molar-refractivity contribution in [1.29, 1.82) is 0 Å². The van der Waals surface area contributed by atoms with Crippen molar-refractivity contribution in [2.45, 2.75) is 39.0 Å². The molecule has 2 aromatic carbocycles. The highest BCUT2D eigenvalue weighted by molar-refractivity contribution is 7.94. The summed E-state index contributed by atoms with van der Waals surface area (Å²) in [5, 5.41) is 4.27. The summed E-state index contributed by atoms with van der Waals surface area (Å²) in [7, 11) is -2.21. The summed E-state index contributed by atoms with van der Waals surface area (Å²) in [5.41, 5.74) is 0.837. The molecule has 0 unspecified atom stereocenters. The normalized spacial score (nSPS) is 11.6. The number of anilines is 1. The zero-order chi connectivity index (χ0) is 30.7. The molecule has 0 aliphatic carbocycles. The van der Waals surface area contributed by atoms with Crippen LogP contribution >= 0.6 is 0 Å². The van der Waals surface area contributed by atoms with Crippen molar-refractivity contribution in [3.05, 3.63) is 88.7 Å². The largest absolute Gasteiger partial charge is 0.497 e. The lowest BCUT2D eigenvalue weighted by atomic mass is 10.1. The molecule has 0 saturated carbocycles. The fourth-order valence-electron chi connectivity index (χ4n) is 3.83. The van der Waals surface area contributed by atoms with Crippen LogP contribution in [-0.4, -0.2) is 58.0 Å². The molecular weight excluding hydrogens is 562 g/mol. The average Bonchev–Trinajstić information content (AvgIpc) is 3.40. The van der Waals surface area contributed by atoms with Crippen LogP contribution < -0.4 is 15.0 Å². The second kappa shape index (κ2) is 12.0. The van der Waals surface area contributed by atoms with E-state index >= 15 is 0 Å². The van der Waals surface area contributed by atoms with Gasteiger partial charge in [0.25, 0.3) is 5.56 Å². The highest BCUT2D eigenvalue weighted by atomic mass is 32.2. The predicted octanol–water partition coefficient (Wildman–Crippen LogP) is 3.70. The number of carbonyl (C=O) groups is 2. The maximum atomic E-state index is 13.4. The standard InChI is InChI=1S/C29H31N5O7S/c1-6-41-28(37)24-15-25(34(31-24)19-11-13-20(40-5)14-12-19)26(35)17-33-18-30-23(16-27(33)36)21-9-7-8-10-22(21)32-42(38,39)29(2,3)4/h7-16,18,32H,6,17H2,1-5H3. The van der Waals surface area contributed by atoms with Gasteiger partial charge in [0.2, 0.25) is 15.8 Å². The van der Waals surface area contributed by atoms with Crippen LogP contribution in [0.3, 0.4) is 0 Å². The summed E-state index contributed by atoms with van der Waals surface area (Å²) in [6, 6.07) is 15.8. The lowest BCUT2D eigenvalue weighted by molar-refractivity contribution is 0.0519. The molecule has 0 radical (unpaired) electrons. The Balaban J connectivity index is 1.66. The van der Waals surface area contributed by atoms with E-state index in [0.717, 1.165) is 4.57 Å². The van der Waals surface area contributed by atoms with Crippen LogP contribution in [0.1, 0.15) is 48.7 Å². The van der Waals surface area contributed by atoms with Crippen molar-refractivity contribution >= 4 is 27.5 Å². The van der Waals surface area contributed by atoms with Gasteiger partial charge in [-0.1, -0.05) is 18.2 Å². The minimum atomic E-state index is -3.74. The number of ketones is 1. The number of nitrogens with one attached hydrogen (secondary N) is 1. The van der Waals surface area contributed by atoms with E-state index in [1.165, 1.54) is 30.3 Å². The first kappa shape index (κ1) is 30.2. The summed E-state index contributed by atoms with van der Waals surface area (Å²) >= 11 is 0. The molecule has 0 aliphatic heterocycles. The Labute approximate surface area is 243 Å². The zero-order valence-electron chi connectivity index (χ0n) is 23.8. The van der Waals surface area contributed by atoms with Crippen LogP contribution in [0.25, 0.3) is 16.9 Å². The van der Waals surface area contributed by atoms with Crippen molar-refractivity contribution in [3.8, 4) is 22.7 Å². The molecule has 0 spiro atoms. The van der Waals surface area contributed by atoms with Gasteiger partial charge >= 0.3 is 5.97 Å². The van der Waals surface area contributed by atoms with E-state index in [-0.39, 0.29) is 29.4 Å². The number of para-hydroxylation sites is 1. The maximum absolute atomic E-state index is 13.4. The SMILES string of the molecule is CCOC(=O)c1cc(C(=O)Cn2cnc(-c3ccccc3NS(=O)(=O)C(C)(C)C)cc2=O)n(-c2ccc(OC)cc2)n1. The summed E-state index contributed by atoms with van der Waals surface area (Å²) < 4.78 is 39.7. The number of hydrogen-bond donors (Lipinski definition) is 1. The first-order valence-corrected chi connectivity index (χ1v) is 14.5. The Kier molecular flexibility index (Phi) is 8.62. The Morgan fingerprint density at radius 2 is 1.71 bits per heavy atom. The van der Waals surface area contributed by atoms with Crippen molar-refractivity contribution in [2.75, 3.05) is 18.4 Å². The molecule has 12 nitrogen and oxygen atoms in total. The number of ether oxygens (including phenoxy) is 2. The van der Waals surface area contributed by atoms with Crippen molar-refractivity contribution in [3.63, 3.8) is 0 Å². The Morgan fingerprint density at radius 1 is 1.02 bits per heavy atom. The molecule has 0 amide bonds. The van der Waals surface area contributed by atoms with Crippen LogP contribution in [0.2, 0.25) is 0 Å². The van der Waals surface area contributed by atoms with E-state index in [9.17, 15) is 22.8 Å². The van der Waals surface area contributed by atoms with Gasteiger partial charge in [0.05, 0.1) is 48.4 Å². The summed E-state index contributed by atoms with van der Waals surface area (Å²) in [6.07, 6.45) is 1.21. The van der Waals surface area contributed by atoms with Crippen molar-refractivity contribution in [1.82, 2.24) is 19.3 Å². The number of nitrogens with zero attached hydrogens (tertiary/aromatic N) is 4. The molecule has 0 aliphatic rings. The monoisotopic (exact) mass is 593 g/mol. The van der Waals surface area contributed by atoms with Crippen LogP contribution in [0.15, 0.2) is 71.8 Å². The van der Waals surface area contributed by atoms with E-state index in [0.29, 0.717) is 17.0 Å². The zero-order valence-corrected chi connectivity index (χ0v) is 24.6. The number of esters is 1. The van der Waals surface area contributed by atoms with Gasteiger partial charge in [-0.25, -0.2) is 22.9 Å². The molecule has 0 saturated heterocycles. The van der Waals surface area contributed by atoms with Crippen LogP contribution in [0, 0.1) is 0 Å². The van der Waals surface area contributed by atoms with Crippen molar-refractivity contribution < 1.29 is 27.5 Å². The van der Waals surface area contributed by atoms with Gasteiger partial charge in [0.1, 0.15) is 11.4 Å². The molecule has 220 valence electrons. The molecule has 42 heavy (non-hydrogen) atoms. The maximum Gasteiger partial charge on any atom is 0.358 e. The lowest BCUT2D eigenvalue weighted by Crippen LogP contribution is -2.33. The van der Waals surface area contributed by atoms with Gasteiger partial charge in [-0.15, -0.1) is 0 Å². The number of Topliss-reactive ketones (excluding diaryl/α,β-unsaturated/α-hetero) is 1. The van der Waals surface area contributed by atoms with Crippen molar-refractivity contribution in [2.24, 2.45) is 0 Å². The highest BCUT2D eigenvalue weighted by Crippen LogP contribution is 2.28. The second-order valence-electron chi connectivity index (χ2n) is 10.2. The topological polar surface area (TPSA) is 151 Å². The number of sulfonamides is 1. The molecule has 13 heteroatoms. The average molecular weight is 594 g/mol. The van der Waals surface area contributed by atoms with E-state index in [2.05, 4.69) is 14.8 Å². The van der Waals surface area contributed by atoms with E-state index in [4.69, 9.17) is 9.47 Å². The Bertz CT molecular complexity index is 1790. The third-order valence-corrected chi connectivity index (χ3v) is 8.34. The van der Waals surface area contributed by atoms with Gasteiger partial charge in [-0.3, -0.25) is 18.9 Å². The summed E-state index contributed by atoms with van der Waals surface area (Å²) in [4.78, 5) is 43.2. The number of aromatic nitrogens is 4. The third kappa shape index (κ3) is 6.41. The molecule has 4 rings (SSSR count). The minimum Gasteiger partial charge on any atom is -0.497 e. The fraction of sp³-hybridized carbons (Fsp3) is 0.276. The first-order valence-electron chi connectivity index (χ1n) is 13.0. The van der Waals surface area contributed by atoms with Gasteiger partial charge in [0.15, 0.2) is 5.69 Å². The predicted molar refractivity (Wildman–Crippen MR) is 157 cm³/mol. The van der Waals surface area contributed by atoms with Crippen LogP contribution in [0.5, 0.6) is 5.75 Å². The molecule has 4 aromatic rings. The van der Waals surface area contributed by atoms with E-state index in [1.54, 1.807) is 76.2 Å². The second-order valence-corrected chi connectivity index (χ2v) is 12.6. The van der Waals surface area contributed by atoms with E-state index in [1.807, 2.05) is 0 Å². The molecule has 2 aromatic heterocycles. The van der Waals surface area contributed by atoms with Gasteiger partial charge < -0.3 is 9.47 Å². The Morgan fingerprint density at radius 3 is 2.33 bits per heavy atom. The number of carbonyl (C=O) groups excluding carboxylic acids is 2. The number of methoxy groups -OCH3 is 1. The fourth-order valence-corrected chi connectivity index (χ4v) is 4.60. The number of hydrogen-bond acceptors (Lipinski definition) is 9.